The molecule has 0 saturated carbocycles. The van der Waals surface area contributed by atoms with Gasteiger partial charge >= 0.3 is 5.97 Å². The quantitative estimate of drug-likeness (QED) is 0.902. The van der Waals surface area contributed by atoms with E-state index in [0.717, 1.165) is 30.2 Å². The normalized spacial score (nSPS) is 20.4. The monoisotopic (exact) mass is 283 g/mol. The number of carbonyl (C=O) groups is 1. The molecule has 0 spiro atoms. The second-order valence-electron chi connectivity index (χ2n) is 4.68. The topological polar surface area (TPSA) is 49.8 Å². The third-order valence-electron chi connectivity index (χ3n) is 3.27. The number of morpholine rings is 1. The molecule has 1 fully saturated rings. The van der Waals surface area contributed by atoms with Crippen LogP contribution in [-0.2, 0) is 9.53 Å². The molecule has 0 radical (unpaired) electrons. The van der Waals surface area contributed by atoms with Gasteiger partial charge in [-0.25, -0.2) is 0 Å². The van der Waals surface area contributed by atoms with Crippen LogP contribution < -0.4 is 0 Å². The van der Waals surface area contributed by atoms with Gasteiger partial charge in [-0.15, -0.1) is 0 Å². The number of hydrogen-bond acceptors (Lipinski definition) is 3. The first kappa shape index (κ1) is 14.3. The molecule has 1 aliphatic heterocycles. The van der Waals surface area contributed by atoms with Crippen LogP contribution in [0, 0.1) is 0 Å². The summed E-state index contributed by atoms with van der Waals surface area (Å²) >= 11 is 6.17. The Morgan fingerprint density at radius 2 is 2.26 bits per heavy atom. The zero-order chi connectivity index (χ0) is 13.7. The van der Waals surface area contributed by atoms with Crippen LogP contribution in [0.1, 0.15) is 24.5 Å². The predicted octanol–water partition coefficient (Wildman–Crippen LogP) is 2.58. The van der Waals surface area contributed by atoms with Crippen molar-refractivity contribution >= 4 is 17.6 Å². The molecular formula is C14H18ClNO3. The Morgan fingerprint density at radius 1 is 1.47 bits per heavy atom. The molecule has 1 N–H and O–H groups in total. The molecule has 0 amide bonds. The summed E-state index contributed by atoms with van der Waals surface area (Å²) in [5, 5.41) is 9.37. The first-order chi connectivity index (χ1) is 9.16. The van der Waals surface area contributed by atoms with Crippen molar-refractivity contribution in [2.75, 3.05) is 26.2 Å². The van der Waals surface area contributed by atoms with E-state index in [4.69, 9.17) is 21.4 Å². The third kappa shape index (κ3) is 4.20. The smallest absolute Gasteiger partial charge is 0.303 e. The summed E-state index contributed by atoms with van der Waals surface area (Å²) in [5.41, 5.74) is 1.01. The van der Waals surface area contributed by atoms with Crippen molar-refractivity contribution in [2.24, 2.45) is 0 Å². The molecule has 1 unspecified atom stereocenters. The number of halogens is 1. The highest BCUT2D eigenvalue weighted by molar-refractivity contribution is 6.31. The lowest BCUT2D eigenvalue weighted by Crippen LogP contribution is -2.39. The molecule has 0 aromatic heterocycles. The van der Waals surface area contributed by atoms with Crippen LogP contribution in [0.5, 0.6) is 0 Å². The van der Waals surface area contributed by atoms with E-state index in [-0.39, 0.29) is 12.5 Å². The van der Waals surface area contributed by atoms with Crippen molar-refractivity contribution in [3.05, 3.63) is 34.9 Å². The molecule has 5 heteroatoms. The third-order valence-corrected chi connectivity index (χ3v) is 3.61. The van der Waals surface area contributed by atoms with Gasteiger partial charge in [0, 0.05) is 30.1 Å². The number of benzene rings is 1. The lowest BCUT2D eigenvalue weighted by Gasteiger charge is -2.33. The maximum atomic E-state index is 10.5. The molecule has 1 aromatic carbocycles. The van der Waals surface area contributed by atoms with E-state index in [0.29, 0.717) is 13.0 Å². The minimum Gasteiger partial charge on any atom is -0.481 e. The van der Waals surface area contributed by atoms with Gasteiger partial charge in [0.2, 0.25) is 0 Å². The first-order valence-electron chi connectivity index (χ1n) is 6.47. The van der Waals surface area contributed by atoms with Gasteiger partial charge in [0.1, 0.15) is 0 Å². The zero-order valence-corrected chi connectivity index (χ0v) is 11.5. The Morgan fingerprint density at radius 3 is 3.00 bits per heavy atom. The van der Waals surface area contributed by atoms with Crippen LogP contribution in [0.25, 0.3) is 0 Å². The second kappa shape index (κ2) is 6.89. The molecule has 1 saturated heterocycles. The number of ether oxygens (including phenoxy) is 1. The summed E-state index contributed by atoms with van der Waals surface area (Å²) < 4.78 is 5.76. The van der Waals surface area contributed by atoms with Gasteiger partial charge in [-0.05, 0) is 19.0 Å². The van der Waals surface area contributed by atoms with Gasteiger partial charge in [-0.3, -0.25) is 9.69 Å². The SMILES string of the molecule is O=C(O)CCCN1CCOC(c2ccccc2Cl)C1. The van der Waals surface area contributed by atoms with Gasteiger partial charge in [0.05, 0.1) is 12.7 Å². The molecule has 1 atom stereocenters. The zero-order valence-electron chi connectivity index (χ0n) is 10.7. The Balaban J connectivity index is 1.90. The number of rotatable bonds is 5. The molecule has 104 valence electrons. The first-order valence-corrected chi connectivity index (χ1v) is 6.85. The van der Waals surface area contributed by atoms with Crippen LogP contribution in [0.2, 0.25) is 5.02 Å². The number of hydrogen-bond donors (Lipinski definition) is 1. The van der Waals surface area contributed by atoms with Crippen LogP contribution >= 0.6 is 11.6 Å². The van der Waals surface area contributed by atoms with E-state index in [1.165, 1.54) is 0 Å². The molecule has 4 nitrogen and oxygen atoms in total. The van der Waals surface area contributed by atoms with Crippen molar-refractivity contribution in [2.45, 2.75) is 18.9 Å². The van der Waals surface area contributed by atoms with E-state index < -0.39 is 5.97 Å². The van der Waals surface area contributed by atoms with E-state index in [1.807, 2.05) is 24.3 Å². The summed E-state index contributed by atoms with van der Waals surface area (Å²) in [5.74, 6) is -0.740. The van der Waals surface area contributed by atoms with Crippen molar-refractivity contribution in [1.82, 2.24) is 4.90 Å². The highest BCUT2D eigenvalue weighted by atomic mass is 35.5. The second-order valence-corrected chi connectivity index (χ2v) is 5.09. The Kier molecular flexibility index (Phi) is 5.19. The average molecular weight is 284 g/mol. The van der Waals surface area contributed by atoms with Crippen molar-refractivity contribution < 1.29 is 14.6 Å². The van der Waals surface area contributed by atoms with E-state index >= 15 is 0 Å². The van der Waals surface area contributed by atoms with E-state index in [2.05, 4.69) is 4.90 Å². The van der Waals surface area contributed by atoms with Crippen LogP contribution in [0.15, 0.2) is 24.3 Å². The van der Waals surface area contributed by atoms with Gasteiger partial charge in [-0.1, -0.05) is 29.8 Å². The molecular weight excluding hydrogens is 266 g/mol. The van der Waals surface area contributed by atoms with Gasteiger partial charge in [-0.2, -0.15) is 0 Å². The fourth-order valence-corrected chi connectivity index (χ4v) is 2.54. The average Bonchev–Trinajstić information content (AvgIpc) is 2.39. The minimum atomic E-state index is -0.740. The summed E-state index contributed by atoms with van der Waals surface area (Å²) in [4.78, 5) is 12.7. The Hall–Kier alpha value is -1.10. The number of aliphatic carboxylic acids is 1. The molecule has 19 heavy (non-hydrogen) atoms. The highest BCUT2D eigenvalue weighted by Gasteiger charge is 2.23. The van der Waals surface area contributed by atoms with Crippen molar-refractivity contribution in [1.29, 1.82) is 0 Å². The maximum absolute atomic E-state index is 10.5. The fourth-order valence-electron chi connectivity index (χ4n) is 2.28. The summed E-state index contributed by atoms with van der Waals surface area (Å²) in [6, 6.07) is 7.70. The lowest BCUT2D eigenvalue weighted by molar-refractivity contribution is -0.137. The Labute approximate surface area is 117 Å². The molecule has 0 bridgehead atoms. The van der Waals surface area contributed by atoms with E-state index in [9.17, 15) is 4.79 Å². The maximum Gasteiger partial charge on any atom is 0.303 e. The minimum absolute atomic E-state index is 0.0210. The van der Waals surface area contributed by atoms with E-state index in [1.54, 1.807) is 0 Å². The molecule has 0 aliphatic carbocycles. The van der Waals surface area contributed by atoms with Gasteiger partial charge in [0.25, 0.3) is 0 Å². The van der Waals surface area contributed by atoms with Crippen molar-refractivity contribution in [3.63, 3.8) is 0 Å². The number of carboxylic acid groups (broad SMARTS) is 1. The largest absolute Gasteiger partial charge is 0.481 e. The summed E-state index contributed by atoms with van der Waals surface area (Å²) in [6.45, 7) is 3.06. The number of nitrogens with zero attached hydrogens (tertiary/aromatic N) is 1. The van der Waals surface area contributed by atoms with Crippen LogP contribution in [-0.4, -0.2) is 42.2 Å². The fraction of sp³-hybridized carbons (Fsp3) is 0.500. The molecule has 1 aromatic rings. The highest BCUT2D eigenvalue weighted by Crippen LogP contribution is 2.28. The standard InChI is InChI=1S/C14H18ClNO3/c15-12-5-2-1-4-11(12)13-10-16(8-9-19-13)7-3-6-14(17)18/h1-2,4-5,13H,3,6-10H2,(H,17,18). The van der Waals surface area contributed by atoms with Crippen LogP contribution in [0.3, 0.4) is 0 Å². The van der Waals surface area contributed by atoms with Crippen LogP contribution in [0.4, 0.5) is 0 Å². The lowest BCUT2D eigenvalue weighted by atomic mass is 10.1. The Bertz CT molecular complexity index is 438. The summed E-state index contributed by atoms with van der Waals surface area (Å²) in [7, 11) is 0. The molecule has 1 aliphatic rings. The van der Waals surface area contributed by atoms with Gasteiger partial charge < -0.3 is 9.84 Å². The molecule has 1 heterocycles. The predicted molar refractivity (Wildman–Crippen MR) is 73.5 cm³/mol. The number of carboxylic acids is 1. The van der Waals surface area contributed by atoms with Crippen molar-refractivity contribution in [3.8, 4) is 0 Å². The molecule has 2 rings (SSSR count). The van der Waals surface area contributed by atoms with Gasteiger partial charge in [0.15, 0.2) is 0 Å². The summed E-state index contributed by atoms with van der Waals surface area (Å²) in [6.07, 6.45) is 0.867.